The minimum Gasteiger partial charge on any atom is -0.480 e. The average Bonchev–Trinajstić information content (AvgIpc) is 2.38. The fourth-order valence-corrected chi connectivity index (χ4v) is 2.29. The van der Waals surface area contributed by atoms with Crippen LogP contribution in [0.15, 0.2) is 0 Å². The molecule has 1 heterocycles. The minimum absolute atomic E-state index is 0.0628. The zero-order valence-corrected chi connectivity index (χ0v) is 12.6. The van der Waals surface area contributed by atoms with E-state index in [4.69, 9.17) is 9.84 Å². The highest BCUT2D eigenvalue weighted by Crippen LogP contribution is 2.13. The normalized spacial score (nSPS) is 20.5. The molecule has 0 aromatic heterocycles. The van der Waals surface area contributed by atoms with Gasteiger partial charge < -0.3 is 20.1 Å². The third-order valence-corrected chi connectivity index (χ3v) is 3.40. The van der Waals surface area contributed by atoms with E-state index in [1.807, 2.05) is 13.8 Å². The molecule has 6 heteroatoms. The second kappa shape index (κ2) is 8.09. The molecule has 0 saturated carbocycles. The predicted molar refractivity (Wildman–Crippen MR) is 75.6 cm³/mol. The smallest absolute Gasteiger partial charge is 0.326 e. The van der Waals surface area contributed by atoms with Crippen molar-refractivity contribution in [2.24, 2.45) is 5.92 Å². The van der Waals surface area contributed by atoms with E-state index in [2.05, 4.69) is 5.32 Å². The van der Waals surface area contributed by atoms with Crippen LogP contribution in [0.4, 0.5) is 4.79 Å². The molecule has 116 valence electrons. The number of nitrogens with zero attached hydrogens (tertiary/aromatic N) is 1. The highest BCUT2D eigenvalue weighted by Gasteiger charge is 2.24. The predicted octanol–water partition coefficient (Wildman–Crippen LogP) is 1.70. The number of hydrogen-bond acceptors (Lipinski definition) is 3. The molecule has 1 aliphatic rings. The maximum atomic E-state index is 12.0. The number of amides is 2. The van der Waals surface area contributed by atoms with E-state index in [1.54, 1.807) is 7.05 Å². The topological polar surface area (TPSA) is 78.9 Å². The third-order valence-electron chi connectivity index (χ3n) is 3.40. The molecular weight excluding hydrogens is 260 g/mol. The Labute approximate surface area is 120 Å². The van der Waals surface area contributed by atoms with Gasteiger partial charge in [0.15, 0.2) is 0 Å². The molecule has 1 aliphatic heterocycles. The second-order valence-corrected chi connectivity index (χ2v) is 5.84. The van der Waals surface area contributed by atoms with Crippen LogP contribution in [-0.2, 0) is 9.53 Å². The first kappa shape index (κ1) is 16.8. The quantitative estimate of drug-likeness (QED) is 0.779. The lowest BCUT2D eigenvalue weighted by Crippen LogP contribution is -2.49. The number of nitrogens with one attached hydrogen (secondary N) is 1. The van der Waals surface area contributed by atoms with Crippen LogP contribution in [0.2, 0.25) is 0 Å². The number of rotatable bonds is 6. The second-order valence-electron chi connectivity index (χ2n) is 5.84. The van der Waals surface area contributed by atoms with Crippen molar-refractivity contribution in [3.8, 4) is 0 Å². The molecule has 0 radical (unpaired) electrons. The van der Waals surface area contributed by atoms with Crippen LogP contribution in [-0.4, -0.2) is 54.4 Å². The molecule has 0 aromatic carbocycles. The molecule has 1 saturated heterocycles. The molecule has 0 bridgehead atoms. The number of aliphatic carboxylic acids is 1. The number of carboxylic acids is 1. The lowest BCUT2D eigenvalue weighted by atomic mass is 10.0. The Morgan fingerprint density at radius 2 is 2.10 bits per heavy atom. The van der Waals surface area contributed by atoms with Crippen molar-refractivity contribution < 1.29 is 19.4 Å². The van der Waals surface area contributed by atoms with Gasteiger partial charge in [0.05, 0.1) is 6.10 Å². The Morgan fingerprint density at radius 3 is 2.60 bits per heavy atom. The number of urea groups is 1. The molecule has 0 aromatic rings. The fourth-order valence-electron chi connectivity index (χ4n) is 2.29. The summed E-state index contributed by atoms with van der Waals surface area (Å²) in [5.41, 5.74) is 0. The van der Waals surface area contributed by atoms with Crippen LogP contribution in [0.3, 0.4) is 0 Å². The molecule has 2 amide bonds. The SMILES string of the molecule is CC(C)C[C@H](NC(=O)N(C)CC1CCCCO1)C(=O)O. The summed E-state index contributed by atoms with van der Waals surface area (Å²) >= 11 is 0. The largest absolute Gasteiger partial charge is 0.480 e. The monoisotopic (exact) mass is 286 g/mol. The zero-order valence-electron chi connectivity index (χ0n) is 12.6. The van der Waals surface area contributed by atoms with E-state index < -0.39 is 12.0 Å². The third kappa shape index (κ3) is 5.77. The first-order valence-corrected chi connectivity index (χ1v) is 7.26. The summed E-state index contributed by atoms with van der Waals surface area (Å²) in [4.78, 5) is 24.6. The number of carbonyl (C=O) groups is 2. The first-order chi connectivity index (χ1) is 9.40. The van der Waals surface area contributed by atoms with Crippen molar-refractivity contribution >= 4 is 12.0 Å². The van der Waals surface area contributed by atoms with E-state index in [1.165, 1.54) is 4.90 Å². The van der Waals surface area contributed by atoms with Crippen LogP contribution >= 0.6 is 0 Å². The standard InChI is InChI=1S/C14H26N2O4/c1-10(2)8-12(13(17)18)15-14(19)16(3)9-11-6-4-5-7-20-11/h10-12H,4-9H2,1-3H3,(H,15,19)(H,17,18)/t11?,12-/m0/s1. The van der Waals surface area contributed by atoms with Gasteiger partial charge in [0, 0.05) is 20.2 Å². The molecule has 20 heavy (non-hydrogen) atoms. The number of likely N-dealkylation sites (N-methyl/N-ethyl adjacent to an activating group) is 1. The molecule has 0 aliphatic carbocycles. The fraction of sp³-hybridized carbons (Fsp3) is 0.857. The summed E-state index contributed by atoms with van der Waals surface area (Å²) < 4.78 is 5.58. The number of carboxylic acid groups (broad SMARTS) is 1. The molecule has 6 nitrogen and oxygen atoms in total. The lowest BCUT2D eigenvalue weighted by molar-refractivity contribution is -0.139. The number of hydrogen-bond donors (Lipinski definition) is 2. The van der Waals surface area contributed by atoms with Crippen LogP contribution in [0.1, 0.15) is 39.5 Å². The van der Waals surface area contributed by atoms with Gasteiger partial charge in [-0.1, -0.05) is 13.8 Å². The summed E-state index contributed by atoms with van der Waals surface area (Å²) in [6.45, 7) is 5.11. The summed E-state index contributed by atoms with van der Waals surface area (Å²) in [5.74, 6) is -0.780. The van der Waals surface area contributed by atoms with Crippen LogP contribution in [0, 0.1) is 5.92 Å². The summed E-state index contributed by atoms with van der Waals surface area (Å²) in [6, 6.07) is -1.19. The maximum absolute atomic E-state index is 12.0. The van der Waals surface area contributed by atoms with Gasteiger partial charge in [0.25, 0.3) is 0 Å². The van der Waals surface area contributed by atoms with Gasteiger partial charge in [-0.3, -0.25) is 0 Å². The summed E-state index contributed by atoms with van der Waals surface area (Å²) in [5, 5.41) is 11.7. The average molecular weight is 286 g/mol. The van der Waals surface area contributed by atoms with Crippen molar-refractivity contribution in [3.63, 3.8) is 0 Å². The van der Waals surface area contributed by atoms with Crippen molar-refractivity contribution in [2.75, 3.05) is 20.2 Å². The van der Waals surface area contributed by atoms with Gasteiger partial charge in [-0.25, -0.2) is 9.59 Å². The maximum Gasteiger partial charge on any atom is 0.326 e. The Morgan fingerprint density at radius 1 is 1.40 bits per heavy atom. The number of carbonyl (C=O) groups excluding carboxylic acids is 1. The molecule has 2 atom stereocenters. The van der Waals surface area contributed by atoms with E-state index in [9.17, 15) is 9.59 Å². The molecule has 2 N–H and O–H groups in total. The van der Waals surface area contributed by atoms with Crippen LogP contribution < -0.4 is 5.32 Å². The van der Waals surface area contributed by atoms with Gasteiger partial charge in [-0.15, -0.1) is 0 Å². The van der Waals surface area contributed by atoms with Gasteiger partial charge >= 0.3 is 12.0 Å². The summed E-state index contributed by atoms with van der Waals surface area (Å²) in [6.07, 6.45) is 3.63. The Kier molecular flexibility index (Phi) is 6.78. The Balaban J connectivity index is 2.43. The van der Waals surface area contributed by atoms with Gasteiger partial charge in [0.2, 0.25) is 0 Å². The first-order valence-electron chi connectivity index (χ1n) is 7.26. The van der Waals surface area contributed by atoms with Crippen molar-refractivity contribution in [1.29, 1.82) is 0 Å². The van der Waals surface area contributed by atoms with Gasteiger partial charge in [0.1, 0.15) is 6.04 Å². The molecular formula is C14H26N2O4. The van der Waals surface area contributed by atoms with E-state index >= 15 is 0 Å². The van der Waals surface area contributed by atoms with Crippen LogP contribution in [0.25, 0.3) is 0 Å². The molecule has 1 unspecified atom stereocenters. The minimum atomic E-state index is -0.991. The lowest BCUT2D eigenvalue weighted by Gasteiger charge is -2.28. The van der Waals surface area contributed by atoms with E-state index in [0.29, 0.717) is 13.0 Å². The van der Waals surface area contributed by atoms with Gasteiger partial charge in [-0.05, 0) is 31.6 Å². The highest BCUT2D eigenvalue weighted by atomic mass is 16.5. The Bertz CT molecular complexity index is 327. The van der Waals surface area contributed by atoms with Crippen molar-refractivity contribution in [2.45, 2.75) is 51.7 Å². The zero-order chi connectivity index (χ0) is 15.1. The van der Waals surface area contributed by atoms with E-state index in [-0.39, 0.29) is 18.1 Å². The number of ether oxygens (including phenoxy) is 1. The molecule has 1 rings (SSSR count). The summed E-state index contributed by atoms with van der Waals surface area (Å²) in [7, 11) is 1.67. The molecule has 1 fully saturated rings. The van der Waals surface area contributed by atoms with Crippen LogP contribution in [0.5, 0.6) is 0 Å². The van der Waals surface area contributed by atoms with E-state index in [0.717, 1.165) is 25.9 Å². The van der Waals surface area contributed by atoms with Crippen molar-refractivity contribution in [3.05, 3.63) is 0 Å². The molecule has 0 spiro atoms. The highest BCUT2D eigenvalue weighted by molar-refractivity contribution is 5.82. The Hall–Kier alpha value is -1.30. The van der Waals surface area contributed by atoms with Gasteiger partial charge in [-0.2, -0.15) is 0 Å². The van der Waals surface area contributed by atoms with Crippen molar-refractivity contribution in [1.82, 2.24) is 10.2 Å².